The standard InChI is InChI=1S/C3H3SeTe/c4-2-1-3-5/h1-3H/b3-1-. The van der Waals surface area contributed by atoms with Gasteiger partial charge in [-0.25, -0.2) is 0 Å². The van der Waals surface area contributed by atoms with Gasteiger partial charge in [-0.3, -0.25) is 0 Å². The Morgan fingerprint density at radius 3 is 2.20 bits per heavy atom. The minimum absolute atomic E-state index is 1.88. The summed E-state index contributed by atoms with van der Waals surface area (Å²) in [6, 6.07) is 0. The Bertz CT molecular complexity index is 48.9. The van der Waals surface area contributed by atoms with E-state index in [1.165, 1.54) is 0 Å². The Morgan fingerprint density at radius 1 is 1.60 bits per heavy atom. The molecule has 0 atom stereocenters. The predicted octanol–water partition coefficient (Wildman–Crippen LogP) is -0.361. The summed E-state index contributed by atoms with van der Waals surface area (Å²) in [7, 11) is 0. The SMILES string of the molecule is [Se]=C/C=C\[Te]. The maximum atomic E-state index is 2.73. The van der Waals surface area contributed by atoms with Crippen molar-refractivity contribution >= 4 is 42.8 Å². The molecule has 0 N–H and O–H groups in total. The van der Waals surface area contributed by atoms with E-state index in [4.69, 9.17) is 0 Å². The van der Waals surface area contributed by atoms with Crippen LogP contribution in [0.25, 0.3) is 0 Å². The molecule has 0 nitrogen and oxygen atoms in total. The molecular weight excluding hydrogens is 243 g/mol. The van der Waals surface area contributed by atoms with Crippen molar-refractivity contribution in [2.24, 2.45) is 0 Å². The van der Waals surface area contributed by atoms with Crippen LogP contribution in [0, 0.1) is 0 Å². The van der Waals surface area contributed by atoms with Gasteiger partial charge >= 0.3 is 53.0 Å². The molecule has 27 valence electrons. The number of hydrogen-bond donors (Lipinski definition) is 0. The van der Waals surface area contributed by atoms with Crippen molar-refractivity contribution in [3.8, 4) is 0 Å². The van der Waals surface area contributed by atoms with Crippen LogP contribution in [0.1, 0.15) is 0 Å². The molecule has 0 amide bonds. The fourth-order valence-electron chi connectivity index (χ4n) is 0.0321. The van der Waals surface area contributed by atoms with Crippen LogP contribution in [0.2, 0.25) is 0 Å². The zero-order valence-electron chi connectivity index (χ0n) is 2.55. The van der Waals surface area contributed by atoms with E-state index in [2.05, 4.69) is 15.6 Å². The molecule has 0 fully saturated rings. The first kappa shape index (κ1) is 5.92. The third-order valence-electron chi connectivity index (χ3n) is 0.157. The second-order valence-corrected chi connectivity index (χ2v) is 1.81. The molecule has 0 heterocycles. The zero-order valence-corrected chi connectivity index (χ0v) is 6.59. The predicted molar refractivity (Wildman–Crippen MR) is 26.7 cm³/mol. The van der Waals surface area contributed by atoms with E-state index in [1.54, 1.807) is 0 Å². The van der Waals surface area contributed by atoms with Crippen molar-refractivity contribution in [2.45, 2.75) is 0 Å². The van der Waals surface area contributed by atoms with Gasteiger partial charge in [0.1, 0.15) is 0 Å². The molecule has 0 unspecified atom stereocenters. The molecule has 5 heavy (non-hydrogen) atoms. The molecular formula is C3H3SeTe. The molecule has 0 aliphatic rings. The quantitative estimate of drug-likeness (QED) is 0.554. The summed E-state index contributed by atoms with van der Waals surface area (Å²) in [5.74, 6) is 0. The van der Waals surface area contributed by atoms with E-state index in [0.717, 1.165) is 0 Å². The molecule has 0 aromatic carbocycles. The molecule has 0 aromatic heterocycles. The molecule has 2 heteroatoms. The molecule has 0 spiro atoms. The van der Waals surface area contributed by atoms with Gasteiger partial charge in [0.05, 0.1) is 0 Å². The molecule has 0 saturated carbocycles. The van der Waals surface area contributed by atoms with Gasteiger partial charge in [-0.15, -0.1) is 0 Å². The van der Waals surface area contributed by atoms with Gasteiger partial charge in [-0.2, -0.15) is 0 Å². The number of rotatable bonds is 1. The van der Waals surface area contributed by atoms with Crippen molar-refractivity contribution in [1.82, 2.24) is 0 Å². The maximum absolute atomic E-state index is 2.73. The van der Waals surface area contributed by atoms with E-state index in [9.17, 15) is 0 Å². The zero-order chi connectivity index (χ0) is 4.12. The summed E-state index contributed by atoms with van der Waals surface area (Å²) in [6.45, 7) is 0. The first-order valence-electron chi connectivity index (χ1n) is 1.14. The van der Waals surface area contributed by atoms with Crippen LogP contribution >= 0.6 is 0 Å². The van der Waals surface area contributed by atoms with Crippen LogP contribution in [0.15, 0.2) is 10.2 Å². The molecule has 1 radical (unpaired) electrons. The number of allylic oxidation sites excluding steroid dienone is 1. The third-order valence-corrected chi connectivity index (χ3v) is 0.935. The minimum atomic E-state index is 1.88. The Labute approximate surface area is 52.9 Å². The summed E-state index contributed by atoms with van der Waals surface area (Å²) in [4.78, 5) is 1.88. The molecule has 0 bridgehead atoms. The van der Waals surface area contributed by atoms with Crippen LogP contribution in [0.4, 0.5) is 0 Å². The topological polar surface area (TPSA) is 0 Å². The van der Waals surface area contributed by atoms with Gasteiger partial charge in [0.2, 0.25) is 0 Å². The van der Waals surface area contributed by atoms with Crippen LogP contribution in [0.3, 0.4) is 0 Å². The van der Waals surface area contributed by atoms with Gasteiger partial charge in [-0.1, -0.05) is 0 Å². The second kappa shape index (κ2) is 4.92. The van der Waals surface area contributed by atoms with Gasteiger partial charge in [0, 0.05) is 0 Å². The van der Waals surface area contributed by atoms with E-state index < -0.39 is 0 Å². The Balaban J connectivity index is 2.92. The first-order valence-corrected chi connectivity index (χ1v) is 3.47. The van der Waals surface area contributed by atoms with E-state index in [0.29, 0.717) is 0 Å². The number of hydrogen-bond acceptors (Lipinski definition) is 0. The Morgan fingerprint density at radius 2 is 2.20 bits per heavy atom. The van der Waals surface area contributed by atoms with Crippen molar-refractivity contribution in [1.29, 1.82) is 0 Å². The Hall–Kier alpha value is 0.919. The molecule has 0 saturated heterocycles. The summed E-state index contributed by atoms with van der Waals surface area (Å²) in [6.07, 6.45) is 1.95. The molecule has 0 aromatic rings. The van der Waals surface area contributed by atoms with Crippen LogP contribution in [0.5, 0.6) is 0 Å². The van der Waals surface area contributed by atoms with Crippen LogP contribution in [-0.2, 0) is 0 Å². The molecule has 0 aliphatic heterocycles. The fourth-order valence-corrected chi connectivity index (χ4v) is 1.12. The normalized spacial score (nSPS) is 8.80. The monoisotopic (exact) mass is 249 g/mol. The van der Waals surface area contributed by atoms with Gasteiger partial charge in [-0.05, 0) is 0 Å². The summed E-state index contributed by atoms with van der Waals surface area (Å²) >= 11 is 4.65. The van der Waals surface area contributed by atoms with Crippen LogP contribution < -0.4 is 0 Å². The average Bonchev–Trinajstić information content (AvgIpc) is 1.41. The fraction of sp³-hybridized carbons (Fsp3) is 0. The summed E-state index contributed by atoms with van der Waals surface area (Å²) in [5, 5.41) is 0. The van der Waals surface area contributed by atoms with Crippen molar-refractivity contribution < 1.29 is 0 Å². The molecule has 0 rings (SSSR count). The van der Waals surface area contributed by atoms with Crippen molar-refractivity contribution in [2.75, 3.05) is 0 Å². The van der Waals surface area contributed by atoms with Gasteiger partial charge < -0.3 is 0 Å². The third kappa shape index (κ3) is 4.92. The van der Waals surface area contributed by atoms with Gasteiger partial charge in [0.15, 0.2) is 0 Å². The van der Waals surface area contributed by atoms with E-state index in [-0.39, 0.29) is 0 Å². The molecule has 0 aliphatic carbocycles. The van der Waals surface area contributed by atoms with Crippen molar-refractivity contribution in [3.63, 3.8) is 0 Å². The van der Waals surface area contributed by atoms with Crippen LogP contribution in [-0.4, -0.2) is 42.8 Å². The van der Waals surface area contributed by atoms with Gasteiger partial charge in [0.25, 0.3) is 0 Å². The van der Waals surface area contributed by atoms with E-state index in [1.807, 2.05) is 37.4 Å². The summed E-state index contributed by atoms with van der Waals surface area (Å²) < 4.78 is 1.98. The average molecular weight is 246 g/mol. The van der Waals surface area contributed by atoms with Crippen molar-refractivity contribution in [3.05, 3.63) is 10.2 Å². The second-order valence-electron chi connectivity index (χ2n) is 0.465. The van der Waals surface area contributed by atoms with E-state index >= 15 is 0 Å². The Kier molecular flexibility index (Phi) is 5.82. The summed E-state index contributed by atoms with van der Waals surface area (Å²) in [5.41, 5.74) is 0. The first-order chi connectivity index (χ1) is 2.41.